The number of aryl methyl sites for hydroxylation is 1. The first-order valence-electron chi connectivity index (χ1n) is 7.38. The Morgan fingerprint density at radius 2 is 1.67 bits per heavy atom. The monoisotopic (exact) mass is 345 g/mol. The fourth-order valence-electron chi connectivity index (χ4n) is 2.32. The van der Waals surface area contributed by atoms with Gasteiger partial charge in [0.2, 0.25) is 10.0 Å². The van der Waals surface area contributed by atoms with Crippen LogP contribution in [-0.4, -0.2) is 25.5 Å². The van der Waals surface area contributed by atoms with E-state index in [9.17, 15) is 18.3 Å². The van der Waals surface area contributed by atoms with Gasteiger partial charge in [-0.1, -0.05) is 54.1 Å². The van der Waals surface area contributed by atoms with Crippen molar-refractivity contribution in [2.75, 3.05) is 0 Å². The van der Waals surface area contributed by atoms with E-state index in [1.807, 2.05) is 13.0 Å². The maximum absolute atomic E-state index is 12.5. The highest BCUT2D eigenvalue weighted by Crippen LogP contribution is 2.21. The van der Waals surface area contributed by atoms with Gasteiger partial charge in [-0.2, -0.15) is 4.72 Å². The maximum atomic E-state index is 12.5. The van der Waals surface area contributed by atoms with Gasteiger partial charge in [-0.3, -0.25) is 4.79 Å². The average Bonchev–Trinajstić information content (AvgIpc) is 2.56. The van der Waals surface area contributed by atoms with Gasteiger partial charge in [0.15, 0.2) is 0 Å². The third-order valence-corrected chi connectivity index (χ3v) is 5.02. The Bertz CT molecular complexity index is 840. The molecule has 0 fully saturated rings. The molecule has 2 rings (SSSR count). The van der Waals surface area contributed by atoms with Crippen molar-refractivity contribution in [3.63, 3.8) is 0 Å². The van der Waals surface area contributed by atoms with Crippen molar-refractivity contribution in [2.24, 2.45) is 0 Å². The second-order valence-corrected chi connectivity index (χ2v) is 7.03. The van der Waals surface area contributed by atoms with Gasteiger partial charge >= 0.3 is 5.97 Å². The van der Waals surface area contributed by atoms with E-state index in [1.165, 1.54) is 12.1 Å². The number of benzene rings is 2. The molecule has 6 heteroatoms. The predicted octanol–water partition coefficient (Wildman–Crippen LogP) is 2.83. The second-order valence-electron chi connectivity index (χ2n) is 5.32. The van der Waals surface area contributed by atoms with Gasteiger partial charge in [0, 0.05) is 0 Å². The summed E-state index contributed by atoms with van der Waals surface area (Å²) < 4.78 is 27.3. The van der Waals surface area contributed by atoms with Crippen molar-refractivity contribution in [1.29, 1.82) is 0 Å². The zero-order valence-electron chi connectivity index (χ0n) is 13.4. The Morgan fingerprint density at radius 1 is 1.08 bits per heavy atom. The summed E-state index contributed by atoms with van der Waals surface area (Å²) in [5, 5.41) is 9.52. The number of hydrogen-bond acceptors (Lipinski definition) is 3. The Kier molecular flexibility index (Phi) is 5.54. The minimum absolute atomic E-state index is 0.0304. The van der Waals surface area contributed by atoms with Crippen molar-refractivity contribution < 1.29 is 18.3 Å². The summed E-state index contributed by atoms with van der Waals surface area (Å²) >= 11 is 0. The third-order valence-electron chi connectivity index (χ3n) is 3.58. The lowest BCUT2D eigenvalue weighted by Crippen LogP contribution is -2.41. The maximum Gasteiger partial charge on any atom is 0.326 e. The van der Waals surface area contributed by atoms with Crippen molar-refractivity contribution in [1.82, 2.24) is 4.72 Å². The minimum Gasteiger partial charge on any atom is -0.480 e. The molecule has 5 nitrogen and oxygen atoms in total. The van der Waals surface area contributed by atoms with Crippen LogP contribution in [0.2, 0.25) is 0 Å². The molecule has 2 aromatic rings. The van der Waals surface area contributed by atoms with Gasteiger partial charge in [0.1, 0.15) is 6.04 Å². The highest BCUT2D eigenvalue weighted by Gasteiger charge is 2.29. The first kappa shape index (κ1) is 17.9. The van der Waals surface area contributed by atoms with E-state index in [2.05, 4.69) is 4.72 Å². The van der Waals surface area contributed by atoms with E-state index in [-0.39, 0.29) is 4.90 Å². The molecule has 0 spiro atoms. The van der Waals surface area contributed by atoms with Gasteiger partial charge < -0.3 is 5.11 Å². The van der Waals surface area contributed by atoms with E-state index in [1.54, 1.807) is 49.4 Å². The standard InChI is InChI=1S/C18H19NO4S/c1-3-16(14-7-5-4-6-8-14)17(18(20)21)19-24(22,23)15-11-9-13(2)10-12-15/h3-12,17,19H,1-2H3,(H,20,21). The van der Waals surface area contributed by atoms with Crippen LogP contribution in [0.25, 0.3) is 5.57 Å². The summed E-state index contributed by atoms with van der Waals surface area (Å²) in [7, 11) is -3.96. The molecule has 0 heterocycles. The molecule has 1 unspecified atom stereocenters. The summed E-state index contributed by atoms with van der Waals surface area (Å²) in [4.78, 5) is 11.7. The van der Waals surface area contributed by atoms with Crippen molar-refractivity contribution in [3.8, 4) is 0 Å². The number of carboxylic acids is 1. The van der Waals surface area contributed by atoms with E-state index in [4.69, 9.17) is 0 Å². The topological polar surface area (TPSA) is 83.5 Å². The van der Waals surface area contributed by atoms with Crippen LogP contribution in [0.4, 0.5) is 0 Å². The number of sulfonamides is 1. The van der Waals surface area contributed by atoms with Gasteiger partial charge in [-0.15, -0.1) is 0 Å². The molecule has 126 valence electrons. The number of carbonyl (C=O) groups is 1. The van der Waals surface area contributed by atoms with Crippen LogP contribution in [0, 0.1) is 6.92 Å². The predicted molar refractivity (Wildman–Crippen MR) is 93.0 cm³/mol. The minimum atomic E-state index is -3.96. The molecule has 0 aromatic heterocycles. The summed E-state index contributed by atoms with van der Waals surface area (Å²) in [6.45, 7) is 3.52. The second kappa shape index (κ2) is 7.42. The Morgan fingerprint density at radius 3 is 2.17 bits per heavy atom. The summed E-state index contributed by atoms with van der Waals surface area (Å²) in [6, 6.07) is 13.7. The Hall–Kier alpha value is -2.44. The molecule has 1 atom stereocenters. The SMILES string of the molecule is CC=C(c1ccccc1)C(NS(=O)(=O)c1ccc(C)cc1)C(=O)O. The lowest BCUT2D eigenvalue weighted by atomic mass is 9.99. The van der Waals surface area contributed by atoms with Crippen LogP contribution in [0.3, 0.4) is 0 Å². The highest BCUT2D eigenvalue weighted by molar-refractivity contribution is 7.89. The molecule has 0 aliphatic rings. The summed E-state index contributed by atoms with van der Waals surface area (Å²) in [5.74, 6) is -1.26. The largest absolute Gasteiger partial charge is 0.480 e. The van der Waals surface area contributed by atoms with Gasteiger partial charge in [0.25, 0.3) is 0 Å². The first-order valence-corrected chi connectivity index (χ1v) is 8.87. The number of aliphatic carboxylic acids is 1. The quantitative estimate of drug-likeness (QED) is 0.843. The Labute approximate surface area is 141 Å². The summed E-state index contributed by atoms with van der Waals surface area (Å²) in [6.07, 6.45) is 1.60. The van der Waals surface area contributed by atoms with E-state index in [0.29, 0.717) is 11.1 Å². The normalized spacial score (nSPS) is 13.5. The number of allylic oxidation sites excluding steroid dienone is 1. The molecule has 0 saturated carbocycles. The van der Waals surface area contributed by atoms with E-state index >= 15 is 0 Å². The van der Waals surface area contributed by atoms with Crippen LogP contribution < -0.4 is 4.72 Å². The number of rotatable bonds is 6. The zero-order valence-corrected chi connectivity index (χ0v) is 14.2. The molecular formula is C18H19NO4S. The zero-order chi connectivity index (χ0) is 17.7. The molecule has 2 N–H and O–H groups in total. The molecule has 2 aromatic carbocycles. The fraction of sp³-hybridized carbons (Fsp3) is 0.167. The molecule has 0 radical (unpaired) electrons. The first-order chi connectivity index (χ1) is 11.3. The van der Waals surface area contributed by atoms with E-state index < -0.39 is 22.0 Å². The van der Waals surface area contributed by atoms with Crippen LogP contribution in [-0.2, 0) is 14.8 Å². The number of carboxylic acid groups (broad SMARTS) is 1. The lowest BCUT2D eigenvalue weighted by Gasteiger charge is -2.18. The molecule has 0 saturated heterocycles. The van der Waals surface area contributed by atoms with Gasteiger partial charge in [0.05, 0.1) is 4.90 Å². The van der Waals surface area contributed by atoms with Gasteiger partial charge in [-0.25, -0.2) is 8.42 Å². The molecule has 0 bridgehead atoms. The van der Waals surface area contributed by atoms with Crippen molar-refractivity contribution in [3.05, 3.63) is 71.8 Å². The average molecular weight is 345 g/mol. The molecule has 0 aliphatic carbocycles. The fourth-order valence-corrected chi connectivity index (χ4v) is 3.49. The number of hydrogen-bond donors (Lipinski definition) is 2. The molecule has 0 aliphatic heterocycles. The summed E-state index contributed by atoms with van der Waals surface area (Å²) in [5.41, 5.74) is 1.96. The highest BCUT2D eigenvalue weighted by atomic mass is 32.2. The van der Waals surface area contributed by atoms with Gasteiger partial charge in [-0.05, 0) is 37.1 Å². The smallest absolute Gasteiger partial charge is 0.326 e. The van der Waals surface area contributed by atoms with E-state index in [0.717, 1.165) is 5.56 Å². The third kappa shape index (κ3) is 4.10. The van der Waals surface area contributed by atoms with Crippen LogP contribution in [0.1, 0.15) is 18.1 Å². The van der Waals surface area contributed by atoms with Crippen LogP contribution >= 0.6 is 0 Å². The number of nitrogens with one attached hydrogen (secondary N) is 1. The molecule has 24 heavy (non-hydrogen) atoms. The van der Waals surface area contributed by atoms with Crippen LogP contribution in [0.5, 0.6) is 0 Å². The van der Waals surface area contributed by atoms with Crippen LogP contribution in [0.15, 0.2) is 65.6 Å². The Balaban J connectivity index is 2.38. The molecule has 0 amide bonds. The lowest BCUT2D eigenvalue weighted by molar-refractivity contribution is -0.137. The van der Waals surface area contributed by atoms with Crippen molar-refractivity contribution >= 4 is 21.6 Å². The molecular weight excluding hydrogens is 326 g/mol. The van der Waals surface area contributed by atoms with Crippen molar-refractivity contribution in [2.45, 2.75) is 24.8 Å².